The van der Waals surface area contributed by atoms with Gasteiger partial charge in [0.15, 0.2) is 11.5 Å². The smallest absolute Gasteiger partial charge is 0.161 e. The highest BCUT2D eigenvalue weighted by atomic mass is 16.5. The third-order valence-corrected chi connectivity index (χ3v) is 4.01. The van der Waals surface area contributed by atoms with Gasteiger partial charge in [-0.2, -0.15) is 0 Å². The molecule has 1 aromatic carbocycles. The first kappa shape index (κ1) is 20.3. The summed E-state index contributed by atoms with van der Waals surface area (Å²) in [6, 6.07) is 5.31. The molecule has 0 spiro atoms. The summed E-state index contributed by atoms with van der Waals surface area (Å²) in [6.45, 7) is 7.12. The Morgan fingerprint density at radius 3 is 2.71 bits per heavy atom. The lowest BCUT2D eigenvalue weighted by atomic mass is 10.0. The van der Waals surface area contributed by atoms with Crippen LogP contribution in [0.3, 0.4) is 0 Å². The molecule has 1 rings (SSSR count). The van der Waals surface area contributed by atoms with Gasteiger partial charge < -0.3 is 14.6 Å². The molecule has 1 atom stereocenters. The quantitative estimate of drug-likeness (QED) is 0.415. The minimum absolute atomic E-state index is 0.155. The third-order valence-electron chi connectivity index (χ3n) is 4.01. The summed E-state index contributed by atoms with van der Waals surface area (Å²) in [5, 5.41) is 9.61. The number of aromatic hydroxyl groups is 1. The van der Waals surface area contributed by atoms with Gasteiger partial charge in [-0.1, -0.05) is 57.4 Å². The summed E-state index contributed by atoms with van der Waals surface area (Å²) < 4.78 is 11.2. The third kappa shape index (κ3) is 7.22. The van der Waals surface area contributed by atoms with E-state index in [0.29, 0.717) is 12.4 Å². The topological polar surface area (TPSA) is 38.7 Å². The van der Waals surface area contributed by atoms with Gasteiger partial charge >= 0.3 is 0 Å². The average molecular weight is 332 g/mol. The molecule has 3 heteroatoms. The van der Waals surface area contributed by atoms with Crippen LogP contribution < -0.4 is 4.74 Å². The summed E-state index contributed by atoms with van der Waals surface area (Å²) >= 11 is 0. The zero-order valence-corrected chi connectivity index (χ0v) is 15.5. The zero-order valence-electron chi connectivity index (χ0n) is 15.5. The Kier molecular flexibility index (Phi) is 9.94. The van der Waals surface area contributed by atoms with E-state index in [1.165, 1.54) is 24.8 Å². The van der Waals surface area contributed by atoms with Crippen LogP contribution in [0.4, 0.5) is 0 Å². The van der Waals surface area contributed by atoms with Crippen molar-refractivity contribution in [2.45, 2.75) is 59.0 Å². The Morgan fingerprint density at radius 1 is 1.25 bits per heavy atom. The van der Waals surface area contributed by atoms with Gasteiger partial charge in [0.1, 0.15) is 0 Å². The highest BCUT2D eigenvalue weighted by Gasteiger charge is 2.10. The van der Waals surface area contributed by atoms with Crippen LogP contribution in [-0.2, 0) is 4.74 Å². The molecule has 0 amide bonds. The minimum atomic E-state index is 0.155. The van der Waals surface area contributed by atoms with Crippen LogP contribution in [0.2, 0.25) is 0 Å². The molecule has 0 aliphatic heterocycles. The molecule has 0 bridgehead atoms. The van der Waals surface area contributed by atoms with Crippen LogP contribution in [0.15, 0.2) is 35.9 Å². The maximum absolute atomic E-state index is 9.61. The van der Waals surface area contributed by atoms with Crippen LogP contribution in [0.25, 0.3) is 6.08 Å². The number of ether oxygens (including phenoxy) is 2. The van der Waals surface area contributed by atoms with Crippen molar-refractivity contribution in [2.24, 2.45) is 0 Å². The number of phenols is 1. The highest BCUT2D eigenvalue weighted by Crippen LogP contribution is 2.26. The normalized spacial score (nSPS) is 13.4. The van der Waals surface area contributed by atoms with E-state index >= 15 is 0 Å². The van der Waals surface area contributed by atoms with E-state index in [1.807, 2.05) is 24.3 Å². The van der Waals surface area contributed by atoms with Gasteiger partial charge in [-0.15, -0.1) is 0 Å². The second-order valence-corrected chi connectivity index (χ2v) is 6.01. The van der Waals surface area contributed by atoms with E-state index in [-0.39, 0.29) is 11.9 Å². The van der Waals surface area contributed by atoms with E-state index in [9.17, 15) is 5.11 Å². The molecule has 0 saturated heterocycles. The van der Waals surface area contributed by atoms with E-state index in [1.54, 1.807) is 13.2 Å². The fourth-order valence-corrected chi connectivity index (χ4v) is 2.63. The fourth-order valence-electron chi connectivity index (χ4n) is 2.63. The molecular weight excluding hydrogens is 300 g/mol. The number of hydrogen-bond acceptors (Lipinski definition) is 3. The molecule has 0 aliphatic rings. The number of benzene rings is 1. The first-order valence-electron chi connectivity index (χ1n) is 8.94. The number of hydrogen-bond donors (Lipinski definition) is 1. The summed E-state index contributed by atoms with van der Waals surface area (Å²) in [5.41, 5.74) is 2.31. The predicted octanol–water partition coefficient (Wildman–Crippen LogP) is 5.74. The van der Waals surface area contributed by atoms with Gasteiger partial charge in [0.2, 0.25) is 0 Å². The van der Waals surface area contributed by atoms with Gasteiger partial charge in [0.05, 0.1) is 19.8 Å². The minimum Gasteiger partial charge on any atom is -0.504 e. The van der Waals surface area contributed by atoms with Crippen molar-refractivity contribution < 1.29 is 14.6 Å². The molecule has 0 radical (unpaired) electrons. The number of rotatable bonds is 11. The summed E-state index contributed by atoms with van der Waals surface area (Å²) in [5.74, 6) is 0.638. The lowest BCUT2D eigenvalue weighted by Gasteiger charge is -2.18. The molecule has 0 aromatic heterocycles. The standard InChI is InChI=1S/C21H32O3/c1-5-7-8-12-20(17(3)10-6-2)24-15-9-11-18-13-14-19(22)21(16-18)23-4/h9-11,13-14,16,20,22H,5-8,12,15H2,1-4H3/b11-9+,17-10+. The maximum Gasteiger partial charge on any atom is 0.161 e. The fraction of sp³-hybridized carbons (Fsp3) is 0.524. The Labute approximate surface area is 147 Å². The number of allylic oxidation sites excluding steroid dienone is 1. The van der Waals surface area contributed by atoms with Crippen LogP contribution in [0.1, 0.15) is 58.4 Å². The van der Waals surface area contributed by atoms with Gasteiger partial charge in [0, 0.05) is 0 Å². The second kappa shape index (κ2) is 11.7. The van der Waals surface area contributed by atoms with Gasteiger partial charge in [-0.3, -0.25) is 0 Å². The second-order valence-electron chi connectivity index (χ2n) is 6.01. The molecule has 0 saturated carbocycles. The SMILES string of the molecule is CC/C=C(\C)C(CCCCC)OC/C=C/c1ccc(O)c(OC)c1. The van der Waals surface area contributed by atoms with Crippen molar-refractivity contribution in [1.29, 1.82) is 0 Å². The Bertz CT molecular complexity index is 532. The zero-order chi connectivity index (χ0) is 17.8. The van der Waals surface area contributed by atoms with Crippen LogP contribution in [-0.4, -0.2) is 24.9 Å². The maximum atomic E-state index is 9.61. The largest absolute Gasteiger partial charge is 0.504 e. The Balaban J connectivity index is 2.58. The van der Waals surface area contributed by atoms with Crippen LogP contribution in [0.5, 0.6) is 11.5 Å². The molecule has 0 heterocycles. The molecular formula is C21H32O3. The highest BCUT2D eigenvalue weighted by molar-refractivity contribution is 5.55. The Morgan fingerprint density at radius 2 is 2.04 bits per heavy atom. The van der Waals surface area contributed by atoms with Crippen molar-refractivity contribution in [2.75, 3.05) is 13.7 Å². The molecule has 24 heavy (non-hydrogen) atoms. The van der Waals surface area contributed by atoms with Crippen molar-refractivity contribution in [3.05, 3.63) is 41.5 Å². The van der Waals surface area contributed by atoms with Crippen LogP contribution >= 0.6 is 0 Å². The van der Waals surface area contributed by atoms with Gasteiger partial charge in [-0.25, -0.2) is 0 Å². The molecule has 3 nitrogen and oxygen atoms in total. The van der Waals surface area contributed by atoms with E-state index in [0.717, 1.165) is 18.4 Å². The van der Waals surface area contributed by atoms with Crippen molar-refractivity contribution >= 4 is 6.08 Å². The Hall–Kier alpha value is -1.74. The first-order chi connectivity index (χ1) is 11.6. The van der Waals surface area contributed by atoms with E-state index in [4.69, 9.17) is 9.47 Å². The van der Waals surface area contributed by atoms with Gasteiger partial charge in [0.25, 0.3) is 0 Å². The number of unbranched alkanes of at least 4 members (excludes halogenated alkanes) is 2. The average Bonchev–Trinajstić information content (AvgIpc) is 2.58. The van der Waals surface area contributed by atoms with Crippen molar-refractivity contribution in [1.82, 2.24) is 0 Å². The lowest BCUT2D eigenvalue weighted by molar-refractivity contribution is 0.0921. The van der Waals surface area contributed by atoms with Crippen LogP contribution in [0, 0.1) is 0 Å². The molecule has 1 N–H and O–H groups in total. The number of methoxy groups -OCH3 is 1. The van der Waals surface area contributed by atoms with E-state index < -0.39 is 0 Å². The molecule has 134 valence electrons. The lowest BCUT2D eigenvalue weighted by Crippen LogP contribution is -2.14. The first-order valence-corrected chi connectivity index (χ1v) is 8.94. The predicted molar refractivity (Wildman–Crippen MR) is 102 cm³/mol. The molecule has 1 unspecified atom stereocenters. The molecule has 1 aromatic rings. The summed E-state index contributed by atoms with van der Waals surface area (Å²) in [4.78, 5) is 0. The van der Waals surface area contributed by atoms with Gasteiger partial charge in [-0.05, 0) is 43.0 Å². The van der Waals surface area contributed by atoms with Crippen molar-refractivity contribution in [3.63, 3.8) is 0 Å². The number of phenolic OH excluding ortho intramolecular Hbond substituents is 1. The van der Waals surface area contributed by atoms with E-state index in [2.05, 4.69) is 26.8 Å². The molecule has 0 fully saturated rings. The summed E-state index contributed by atoms with van der Waals surface area (Å²) in [7, 11) is 1.55. The molecule has 0 aliphatic carbocycles. The van der Waals surface area contributed by atoms with Crippen molar-refractivity contribution in [3.8, 4) is 11.5 Å². The summed E-state index contributed by atoms with van der Waals surface area (Å²) in [6.07, 6.45) is 12.3. The monoisotopic (exact) mass is 332 g/mol.